The molecule has 0 N–H and O–H groups in total. The van der Waals surface area contributed by atoms with E-state index in [1.165, 1.54) is 6.08 Å². The van der Waals surface area contributed by atoms with Crippen molar-refractivity contribution in [3.05, 3.63) is 71.4 Å². The van der Waals surface area contributed by atoms with Gasteiger partial charge in [-0.25, -0.2) is 13.8 Å². The number of nitrogens with zero attached hydrogens (tertiary/aromatic N) is 6. The summed E-state index contributed by atoms with van der Waals surface area (Å²) in [5.41, 5.74) is 3.53. The highest BCUT2D eigenvalue weighted by Gasteiger charge is 2.32. The molecule has 0 aliphatic carbocycles. The third-order valence-corrected chi connectivity index (χ3v) is 8.83. The zero-order valence-electron chi connectivity index (χ0n) is 23.8. The second-order valence-electron chi connectivity index (χ2n) is 11.2. The molecule has 0 radical (unpaired) electrons. The predicted octanol–water partition coefficient (Wildman–Crippen LogP) is 4.25. The number of likely N-dealkylation sites (tertiary alicyclic amines) is 1. The maximum Gasteiger partial charge on any atom is 0.246 e. The minimum absolute atomic E-state index is 0.106. The Kier molecular flexibility index (Phi) is 7.69. The molecule has 10 heteroatoms. The third kappa shape index (κ3) is 5.02. The molecule has 0 bridgehead atoms. The molecular weight excluding hydrogens is 538 g/mol. The Bertz CT molecular complexity index is 1580. The Morgan fingerprint density at radius 3 is 2.67 bits per heavy atom. The summed E-state index contributed by atoms with van der Waals surface area (Å²) >= 11 is 0. The number of likely N-dealkylation sites (N-methyl/N-ethyl adjacent to an activating group) is 1. The van der Waals surface area contributed by atoms with Crippen LogP contribution in [0.1, 0.15) is 29.7 Å². The number of piperazine rings is 1. The van der Waals surface area contributed by atoms with Crippen LogP contribution >= 0.6 is 0 Å². The van der Waals surface area contributed by atoms with Crippen molar-refractivity contribution < 1.29 is 18.3 Å². The fraction of sp³-hybridized carbons (Fsp3) is 0.406. The van der Waals surface area contributed by atoms with Crippen LogP contribution in [0.15, 0.2) is 43.0 Å². The van der Waals surface area contributed by atoms with Gasteiger partial charge in [0.1, 0.15) is 18.2 Å². The number of hydrogen-bond donors (Lipinski definition) is 0. The third-order valence-electron chi connectivity index (χ3n) is 8.83. The summed E-state index contributed by atoms with van der Waals surface area (Å²) < 4.78 is 35.6. The first kappa shape index (κ1) is 27.9. The number of carbonyl (C=O) groups is 1. The average Bonchev–Trinajstić information content (AvgIpc) is 3.44. The Morgan fingerprint density at radius 2 is 1.95 bits per heavy atom. The molecule has 3 aliphatic heterocycles. The van der Waals surface area contributed by atoms with E-state index in [1.54, 1.807) is 17.0 Å². The molecule has 0 spiro atoms. The van der Waals surface area contributed by atoms with E-state index in [0.29, 0.717) is 74.8 Å². The minimum atomic E-state index is -0.881. The molecule has 218 valence electrons. The molecule has 2 aromatic carbocycles. The van der Waals surface area contributed by atoms with Crippen LogP contribution in [0, 0.1) is 23.0 Å². The molecule has 8 nitrogen and oxygen atoms in total. The molecule has 3 aliphatic rings. The zero-order chi connectivity index (χ0) is 29.4. The van der Waals surface area contributed by atoms with Crippen LogP contribution in [0.5, 0.6) is 5.88 Å². The van der Waals surface area contributed by atoms with E-state index in [-0.39, 0.29) is 17.3 Å². The number of carbonyl (C=O) groups excluding carboxylic acids is 1. The molecule has 1 atom stereocenters. The van der Waals surface area contributed by atoms with E-state index in [1.807, 2.05) is 17.0 Å². The number of amides is 1. The Balaban J connectivity index is 1.38. The van der Waals surface area contributed by atoms with Crippen LogP contribution in [-0.2, 0) is 17.8 Å². The van der Waals surface area contributed by atoms with Crippen molar-refractivity contribution in [3.63, 3.8) is 0 Å². The smallest absolute Gasteiger partial charge is 0.246 e. The summed E-state index contributed by atoms with van der Waals surface area (Å²) in [7, 11) is 2.08. The number of halogens is 2. The first-order valence-corrected chi connectivity index (χ1v) is 14.5. The molecule has 6 rings (SSSR count). The van der Waals surface area contributed by atoms with Crippen molar-refractivity contribution in [3.8, 4) is 11.9 Å². The van der Waals surface area contributed by atoms with Gasteiger partial charge in [-0.1, -0.05) is 24.8 Å². The van der Waals surface area contributed by atoms with Crippen LogP contribution in [0.2, 0.25) is 0 Å². The van der Waals surface area contributed by atoms with Crippen LogP contribution in [0.3, 0.4) is 0 Å². The summed E-state index contributed by atoms with van der Waals surface area (Å²) in [4.78, 5) is 25.3. The highest BCUT2D eigenvalue weighted by molar-refractivity contribution is 5.95. The van der Waals surface area contributed by atoms with Crippen LogP contribution in [0.4, 0.5) is 20.2 Å². The van der Waals surface area contributed by atoms with Gasteiger partial charge < -0.3 is 24.3 Å². The van der Waals surface area contributed by atoms with Crippen LogP contribution < -0.4 is 14.5 Å². The summed E-state index contributed by atoms with van der Waals surface area (Å²) in [6, 6.07) is 10.8. The fourth-order valence-electron chi connectivity index (χ4n) is 6.49. The fourth-order valence-corrected chi connectivity index (χ4v) is 6.49. The van der Waals surface area contributed by atoms with Gasteiger partial charge >= 0.3 is 0 Å². The largest absolute Gasteiger partial charge is 0.475 e. The molecule has 42 heavy (non-hydrogen) atoms. The second kappa shape index (κ2) is 11.6. The Hall–Kier alpha value is -4.23. The van der Waals surface area contributed by atoms with Crippen molar-refractivity contribution in [2.45, 2.75) is 31.8 Å². The molecule has 2 saturated heterocycles. The predicted molar refractivity (Wildman–Crippen MR) is 158 cm³/mol. The van der Waals surface area contributed by atoms with Gasteiger partial charge in [0.15, 0.2) is 11.6 Å². The SMILES string of the molecule is C=CC(=O)N1CCN(c2c(C#N)c(OCC3CCCN3C)nc3c2CCN(c2cccc4ccc(F)c(F)c24)C3)CC1. The number of aromatic nitrogens is 1. The van der Waals surface area contributed by atoms with Gasteiger partial charge in [-0.3, -0.25) is 4.79 Å². The standard InChI is InChI=1S/C32H34F2N6O2/c1-3-28(41)38-14-16-39(17-15-38)31-23-11-13-40(27-8-4-6-21-9-10-25(33)30(34)29(21)27)19-26(23)36-32(24(31)18-35)42-20-22-7-5-12-37(22)2/h3-4,6,8-10,22H,1,5,7,11-17,19-20H2,2H3. The summed E-state index contributed by atoms with van der Waals surface area (Å²) in [5, 5.41) is 11.3. The quantitative estimate of drug-likeness (QED) is 0.409. The molecule has 2 fully saturated rings. The van der Waals surface area contributed by atoms with E-state index in [2.05, 4.69) is 29.5 Å². The molecule has 1 unspecified atom stereocenters. The normalized spacial score (nSPS) is 19.1. The lowest BCUT2D eigenvalue weighted by atomic mass is 9.97. The number of anilines is 2. The molecule has 1 aromatic heterocycles. The van der Waals surface area contributed by atoms with Crippen LogP contribution in [-0.4, -0.2) is 79.7 Å². The van der Waals surface area contributed by atoms with Crippen molar-refractivity contribution in [1.29, 1.82) is 5.26 Å². The minimum Gasteiger partial charge on any atom is -0.475 e. The van der Waals surface area contributed by atoms with E-state index < -0.39 is 11.6 Å². The summed E-state index contributed by atoms with van der Waals surface area (Å²) in [5.74, 6) is -1.55. The van der Waals surface area contributed by atoms with Gasteiger partial charge in [0.25, 0.3) is 0 Å². The number of ether oxygens (including phenoxy) is 1. The Morgan fingerprint density at radius 1 is 1.14 bits per heavy atom. The number of pyridine rings is 1. The van der Waals surface area contributed by atoms with E-state index in [4.69, 9.17) is 9.72 Å². The maximum absolute atomic E-state index is 15.1. The lowest BCUT2D eigenvalue weighted by Crippen LogP contribution is -2.49. The number of rotatable bonds is 6. The van der Waals surface area contributed by atoms with Crippen molar-refractivity contribution in [1.82, 2.24) is 14.8 Å². The Labute approximate surface area is 244 Å². The molecule has 1 amide bonds. The van der Waals surface area contributed by atoms with Crippen LogP contribution in [0.25, 0.3) is 10.8 Å². The van der Waals surface area contributed by atoms with Crippen molar-refractivity contribution in [2.75, 3.05) is 62.7 Å². The summed E-state index contributed by atoms with van der Waals surface area (Å²) in [6.45, 7) is 8.10. The molecular formula is C32H34F2N6O2. The van der Waals surface area contributed by atoms with Gasteiger partial charge in [-0.05, 0) is 56.4 Å². The maximum atomic E-state index is 15.1. The van der Waals surface area contributed by atoms with Gasteiger partial charge in [0.2, 0.25) is 11.8 Å². The van der Waals surface area contributed by atoms with E-state index in [0.717, 1.165) is 42.4 Å². The number of fused-ring (bicyclic) bond motifs is 2. The topological polar surface area (TPSA) is 75.9 Å². The zero-order valence-corrected chi connectivity index (χ0v) is 23.8. The van der Waals surface area contributed by atoms with Gasteiger partial charge in [0, 0.05) is 55.4 Å². The lowest BCUT2D eigenvalue weighted by Gasteiger charge is -2.39. The van der Waals surface area contributed by atoms with Gasteiger partial charge in [-0.15, -0.1) is 0 Å². The monoisotopic (exact) mass is 572 g/mol. The first-order valence-electron chi connectivity index (χ1n) is 14.5. The van der Waals surface area contributed by atoms with E-state index in [9.17, 15) is 14.4 Å². The molecule has 0 saturated carbocycles. The van der Waals surface area contributed by atoms with Gasteiger partial charge in [0.05, 0.1) is 17.9 Å². The highest BCUT2D eigenvalue weighted by Crippen LogP contribution is 2.39. The number of hydrogen-bond acceptors (Lipinski definition) is 7. The van der Waals surface area contributed by atoms with Gasteiger partial charge in [-0.2, -0.15) is 5.26 Å². The first-order chi connectivity index (χ1) is 20.4. The molecule has 4 heterocycles. The average molecular weight is 573 g/mol. The summed E-state index contributed by atoms with van der Waals surface area (Å²) in [6.07, 6.45) is 4.01. The van der Waals surface area contributed by atoms with Crippen molar-refractivity contribution >= 4 is 28.1 Å². The van der Waals surface area contributed by atoms with Crippen molar-refractivity contribution in [2.24, 2.45) is 0 Å². The highest BCUT2D eigenvalue weighted by atomic mass is 19.2. The second-order valence-corrected chi connectivity index (χ2v) is 11.2. The lowest BCUT2D eigenvalue weighted by molar-refractivity contribution is -0.126. The number of nitriles is 1. The van der Waals surface area contributed by atoms with E-state index >= 15 is 4.39 Å². The molecule has 3 aromatic rings. The number of benzene rings is 2.